The average Bonchev–Trinajstić information content (AvgIpc) is 2.60. The number of carbonyl (C=O) groups excluding carboxylic acids is 2. The topological polar surface area (TPSA) is 63.4 Å². The number of anilines is 1. The van der Waals surface area contributed by atoms with Crippen molar-refractivity contribution in [1.82, 2.24) is 5.16 Å². The molecule has 1 aliphatic rings. The highest BCUT2D eigenvalue weighted by atomic mass is 16.5. The van der Waals surface area contributed by atoms with Gasteiger partial charge in [-0.05, 0) is 13.8 Å². The van der Waals surface area contributed by atoms with Gasteiger partial charge in [0.05, 0.1) is 0 Å². The second-order valence-corrected chi connectivity index (χ2v) is 3.10. The zero-order valence-electron chi connectivity index (χ0n) is 7.77. The molecule has 0 N–H and O–H groups in total. The number of imide groups is 1. The minimum atomic E-state index is -0.374. The molecule has 0 radical (unpaired) electrons. The lowest BCUT2D eigenvalue weighted by molar-refractivity contribution is -0.120. The number of carbonyl (C=O) groups is 2. The Kier molecular flexibility index (Phi) is 1.73. The van der Waals surface area contributed by atoms with E-state index >= 15 is 0 Å². The Labute approximate surface area is 80.0 Å². The smallest absolute Gasteiger partial charge is 0.262 e. The van der Waals surface area contributed by atoms with Crippen molar-refractivity contribution >= 4 is 17.6 Å². The Morgan fingerprint density at radius 2 is 2.07 bits per heavy atom. The Balaban J connectivity index is 2.38. The molecule has 1 aliphatic heterocycles. The van der Waals surface area contributed by atoms with Crippen molar-refractivity contribution in [3.63, 3.8) is 0 Å². The second-order valence-electron chi connectivity index (χ2n) is 3.10. The van der Waals surface area contributed by atoms with E-state index in [1.807, 2.05) is 0 Å². The highest BCUT2D eigenvalue weighted by Crippen LogP contribution is 2.21. The first-order valence-electron chi connectivity index (χ1n) is 4.09. The van der Waals surface area contributed by atoms with Crippen LogP contribution < -0.4 is 4.90 Å². The molecule has 2 rings (SSSR count). The van der Waals surface area contributed by atoms with Crippen LogP contribution in [0.3, 0.4) is 0 Å². The average molecular weight is 192 g/mol. The highest BCUT2D eigenvalue weighted by Gasteiger charge is 2.31. The van der Waals surface area contributed by atoms with E-state index in [0.29, 0.717) is 11.3 Å². The van der Waals surface area contributed by atoms with Crippen molar-refractivity contribution in [2.24, 2.45) is 0 Å². The summed E-state index contributed by atoms with van der Waals surface area (Å²) in [4.78, 5) is 23.8. The zero-order valence-corrected chi connectivity index (χ0v) is 7.77. The van der Waals surface area contributed by atoms with Gasteiger partial charge in [0.2, 0.25) is 0 Å². The van der Waals surface area contributed by atoms with E-state index in [1.54, 1.807) is 19.9 Å². The summed E-state index contributed by atoms with van der Waals surface area (Å²) in [5, 5.41) is 3.61. The van der Waals surface area contributed by atoms with Crippen LogP contribution in [0.25, 0.3) is 0 Å². The van der Waals surface area contributed by atoms with Gasteiger partial charge in [-0.25, -0.2) is 4.90 Å². The number of hydrogen-bond acceptors (Lipinski definition) is 4. The fraction of sp³-hybridized carbons (Fsp3) is 0.222. The summed E-state index contributed by atoms with van der Waals surface area (Å²) in [6, 6.07) is 1.54. The number of amides is 2. The van der Waals surface area contributed by atoms with Gasteiger partial charge < -0.3 is 4.52 Å². The number of nitrogens with zero attached hydrogens (tertiary/aromatic N) is 2. The van der Waals surface area contributed by atoms with E-state index in [4.69, 9.17) is 4.52 Å². The van der Waals surface area contributed by atoms with Crippen LogP contribution in [0.4, 0.5) is 5.82 Å². The van der Waals surface area contributed by atoms with Crippen LogP contribution in [0, 0.1) is 6.92 Å². The van der Waals surface area contributed by atoms with Crippen molar-refractivity contribution < 1.29 is 14.1 Å². The quantitative estimate of drug-likeness (QED) is 0.617. The second kappa shape index (κ2) is 2.80. The maximum Gasteiger partial charge on any atom is 0.262 e. The molecule has 0 saturated heterocycles. The summed E-state index contributed by atoms with van der Waals surface area (Å²) < 4.78 is 4.79. The van der Waals surface area contributed by atoms with E-state index < -0.39 is 0 Å². The summed E-state index contributed by atoms with van der Waals surface area (Å²) in [5.41, 5.74) is 0.413. The van der Waals surface area contributed by atoms with Gasteiger partial charge in [0, 0.05) is 17.7 Å². The fourth-order valence-corrected chi connectivity index (χ4v) is 1.26. The molecule has 1 aromatic rings. The summed E-state index contributed by atoms with van der Waals surface area (Å²) in [7, 11) is 0. The predicted octanol–water partition coefficient (Wildman–Crippen LogP) is 0.803. The normalized spacial score (nSPS) is 16.4. The third kappa shape index (κ3) is 1.14. The molecule has 0 aliphatic carbocycles. The van der Waals surface area contributed by atoms with Gasteiger partial charge >= 0.3 is 0 Å². The molecule has 5 heteroatoms. The van der Waals surface area contributed by atoms with E-state index in [2.05, 4.69) is 5.16 Å². The molecule has 0 saturated carbocycles. The van der Waals surface area contributed by atoms with Crippen LogP contribution in [-0.2, 0) is 9.59 Å². The van der Waals surface area contributed by atoms with Gasteiger partial charge in [0.15, 0.2) is 5.82 Å². The molecule has 0 bridgehead atoms. The molecular formula is C9H8N2O3. The zero-order chi connectivity index (χ0) is 10.3. The van der Waals surface area contributed by atoms with E-state index in [1.165, 1.54) is 6.08 Å². The first-order valence-corrected chi connectivity index (χ1v) is 4.09. The lowest BCUT2D eigenvalue weighted by Gasteiger charge is -2.08. The molecular weight excluding hydrogens is 184 g/mol. The third-order valence-electron chi connectivity index (χ3n) is 1.95. The van der Waals surface area contributed by atoms with Gasteiger partial charge in [-0.2, -0.15) is 0 Å². The molecule has 0 atom stereocenters. The molecule has 0 aromatic carbocycles. The monoisotopic (exact) mass is 192 g/mol. The van der Waals surface area contributed by atoms with E-state index in [-0.39, 0.29) is 17.6 Å². The standard InChI is InChI=1S/C9H8N2O3/c1-5-3-8(12)11(9(5)13)7-4-6(2)14-10-7/h3-4H,1-2H3. The van der Waals surface area contributed by atoms with Crippen molar-refractivity contribution in [2.75, 3.05) is 4.90 Å². The maximum atomic E-state index is 11.5. The van der Waals surface area contributed by atoms with Gasteiger partial charge in [-0.3, -0.25) is 9.59 Å². The number of aromatic nitrogens is 1. The Morgan fingerprint density at radius 3 is 2.50 bits per heavy atom. The summed E-state index contributed by atoms with van der Waals surface area (Å²) >= 11 is 0. The predicted molar refractivity (Wildman–Crippen MR) is 47.5 cm³/mol. The molecule has 0 unspecified atom stereocenters. The summed E-state index contributed by atoms with van der Waals surface area (Å²) in [5.74, 6) is 0.0832. The van der Waals surface area contributed by atoms with Crippen LogP contribution >= 0.6 is 0 Å². The Morgan fingerprint density at radius 1 is 1.36 bits per heavy atom. The lowest BCUT2D eigenvalue weighted by Crippen LogP contribution is -2.30. The Hall–Kier alpha value is -1.91. The summed E-state index contributed by atoms with van der Waals surface area (Å²) in [6.07, 6.45) is 1.28. The maximum absolute atomic E-state index is 11.5. The van der Waals surface area contributed by atoms with Gasteiger partial charge in [-0.15, -0.1) is 0 Å². The van der Waals surface area contributed by atoms with Crippen molar-refractivity contribution in [2.45, 2.75) is 13.8 Å². The molecule has 1 aromatic heterocycles. The third-order valence-corrected chi connectivity index (χ3v) is 1.95. The SMILES string of the molecule is CC1=CC(=O)N(c2cc(C)on2)C1=O. The number of hydrogen-bond donors (Lipinski definition) is 0. The lowest BCUT2D eigenvalue weighted by atomic mass is 10.3. The van der Waals surface area contributed by atoms with Crippen LogP contribution in [0.1, 0.15) is 12.7 Å². The van der Waals surface area contributed by atoms with Crippen molar-refractivity contribution in [1.29, 1.82) is 0 Å². The molecule has 5 nitrogen and oxygen atoms in total. The Bertz CT molecular complexity index is 445. The van der Waals surface area contributed by atoms with Crippen molar-refractivity contribution in [3.8, 4) is 0 Å². The molecule has 72 valence electrons. The van der Waals surface area contributed by atoms with Crippen LogP contribution in [0.15, 0.2) is 22.2 Å². The van der Waals surface area contributed by atoms with E-state index in [0.717, 1.165) is 4.90 Å². The van der Waals surface area contributed by atoms with E-state index in [9.17, 15) is 9.59 Å². The van der Waals surface area contributed by atoms with Gasteiger partial charge in [0.1, 0.15) is 5.76 Å². The molecule has 14 heavy (non-hydrogen) atoms. The van der Waals surface area contributed by atoms with Crippen molar-refractivity contribution in [3.05, 3.63) is 23.5 Å². The molecule has 2 amide bonds. The largest absolute Gasteiger partial charge is 0.360 e. The highest BCUT2D eigenvalue weighted by molar-refractivity contribution is 6.29. The molecule has 0 fully saturated rings. The number of aryl methyl sites for hydroxylation is 1. The number of rotatable bonds is 1. The van der Waals surface area contributed by atoms with Gasteiger partial charge in [0.25, 0.3) is 11.8 Å². The minimum Gasteiger partial charge on any atom is -0.360 e. The first-order chi connectivity index (χ1) is 6.59. The van der Waals surface area contributed by atoms with Crippen LogP contribution in [-0.4, -0.2) is 17.0 Å². The first kappa shape index (κ1) is 8.68. The fourth-order valence-electron chi connectivity index (χ4n) is 1.26. The minimum absolute atomic E-state index is 0.241. The van der Waals surface area contributed by atoms with Gasteiger partial charge in [-0.1, -0.05) is 5.16 Å². The molecule has 2 heterocycles. The van der Waals surface area contributed by atoms with Crippen LogP contribution in [0.5, 0.6) is 0 Å². The summed E-state index contributed by atoms with van der Waals surface area (Å²) in [6.45, 7) is 3.29. The van der Waals surface area contributed by atoms with Crippen LogP contribution in [0.2, 0.25) is 0 Å². The molecule has 0 spiro atoms.